The molecule has 1 heterocycles. The Morgan fingerprint density at radius 3 is 3.00 bits per heavy atom. The topological polar surface area (TPSA) is 34.2 Å². The molecule has 0 spiro atoms. The number of aromatic nitrogens is 1. The fourth-order valence-electron chi connectivity index (χ4n) is 2.21. The Morgan fingerprint density at radius 2 is 2.24 bits per heavy atom. The quantitative estimate of drug-likeness (QED) is 0.884. The lowest BCUT2D eigenvalue weighted by atomic mass is 9.93. The van der Waals surface area contributed by atoms with E-state index < -0.39 is 0 Å². The summed E-state index contributed by atoms with van der Waals surface area (Å²) in [5.41, 5.74) is 3.72. The van der Waals surface area contributed by atoms with Crippen molar-refractivity contribution < 1.29 is 4.74 Å². The Morgan fingerprint density at radius 1 is 1.35 bits per heavy atom. The maximum absolute atomic E-state index is 5.29. The minimum absolute atomic E-state index is 0.899. The SMILES string of the molecule is CNc1nc2c(s1)CCc1ccc(OC)cc1-2. The molecule has 3 nitrogen and oxygen atoms in total. The summed E-state index contributed by atoms with van der Waals surface area (Å²) in [6, 6.07) is 6.26. The molecule has 0 saturated heterocycles. The van der Waals surface area contributed by atoms with Crippen LogP contribution in [0.3, 0.4) is 0 Å². The van der Waals surface area contributed by atoms with Crippen molar-refractivity contribution in [1.29, 1.82) is 0 Å². The molecule has 0 saturated carbocycles. The van der Waals surface area contributed by atoms with E-state index in [4.69, 9.17) is 4.74 Å². The predicted molar refractivity (Wildman–Crippen MR) is 71.1 cm³/mol. The minimum Gasteiger partial charge on any atom is -0.497 e. The van der Waals surface area contributed by atoms with Crippen molar-refractivity contribution in [2.24, 2.45) is 0 Å². The summed E-state index contributed by atoms with van der Waals surface area (Å²) in [4.78, 5) is 6.01. The van der Waals surface area contributed by atoms with Crippen molar-refractivity contribution >= 4 is 16.5 Å². The van der Waals surface area contributed by atoms with Crippen LogP contribution in [0.1, 0.15) is 10.4 Å². The summed E-state index contributed by atoms with van der Waals surface area (Å²) in [6.45, 7) is 0. The summed E-state index contributed by atoms with van der Waals surface area (Å²) in [7, 11) is 3.61. The van der Waals surface area contributed by atoms with Crippen LogP contribution in [0, 0.1) is 0 Å². The van der Waals surface area contributed by atoms with Crippen LogP contribution in [0.15, 0.2) is 18.2 Å². The van der Waals surface area contributed by atoms with Crippen LogP contribution in [0.5, 0.6) is 5.75 Å². The molecular weight excluding hydrogens is 232 g/mol. The zero-order valence-electron chi connectivity index (χ0n) is 9.91. The van der Waals surface area contributed by atoms with Crippen molar-refractivity contribution in [1.82, 2.24) is 4.98 Å². The number of ether oxygens (including phenoxy) is 1. The summed E-state index contributed by atoms with van der Waals surface area (Å²) < 4.78 is 5.29. The second-order valence-corrected chi connectivity index (χ2v) is 5.15. The first kappa shape index (κ1) is 10.6. The second-order valence-electron chi connectivity index (χ2n) is 4.06. The van der Waals surface area contributed by atoms with Crippen molar-refractivity contribution in [2.75, 3.05) is 19.5 Å². The number of rotatable bonds is 2. The van der Waals surface area contributed by atoms with Crippen LogP contribution < -0.4 is 10.1 Å². The number of benzene rings is 1. The van der Waals surface area contributed by atoms with Crippen LogP contribution in [-0.4, -0.2) is 19.1 Å². The Kier molecular flexibility index (Phi) is 2.52. The lowest BCUT2D eigenvalue weighted by Gasteiger charge is -2.15. The molecule has 0 bridgehead atoms. The lowest BCUT2D eigenvalue weighted by molar-refractivity contribution is 0.415. The van der Waals surface area contributed by atoms with E-state index in [1.54, 1.807) is 18.4 Å². The normalized spacial score (nSPS) is 12.8. The molecule has 1 N–H and O–H groups in total. The molecule has 2 aromatic rings. The van der Waals surface area contributed by atoms with Gasteiger partial charge in [0.25, 0.3) is 0 Å². The standard InChI is InChI=1S/C13H14N2OS/c1-14-13-15-12-10-7-9(16-2)5-3-8(10)4-6-11(12)17-13/h3,5,7H,4,6H2,1-2H3,(H,14,15). The smallest absolute Gasteiger partial charge is 0.183 e. The average molecular weight is 246 g/mol. The summed E-state index contributed by atoms with van der Waals surface area (Å²) in [5.74, 6) is 0.899. The fourth-order valence-corrected chi connectivity index (χ4v) is 3.14. The number of anilines is 1. The van der Waals surface area contributed by atoms with Gasteiger partial charge in [-0.3, -0.25) is 0 Å². The Bertz CT molecular complexity index is 563. The molecule has 0 radical (unpaired) electrons. The highest BCUT2D eigenvalue weighted by Crippen LogP contribution is 2.39. The zero-order chi connectivity index (χ0) is 11.8. The van der Waals surface area contributed by atoms with E-state index in [1.807, 2.05) is 13.1 Å². The first-order valence-electron chi connectivity index (χ1n) is 5.66. The van der Waals surface area contributed by atoms with Crippen LogP contribution in [-0.2, 0) is 12.8 Å². The van der Waals surface area contributed by atoms with E-state index in [9.17, 15) is 0 Å². The predicted octanol–water partition coefficient (Wildman–Crippen LogP) is 2.96. The third-order valence-electron chi connectivity index (χ3n) is 3.10. The van der Waals surface area contributed by atoms with Crippen molar-refractivity contribution in [2.45, 2.75) is 12.8 Å². The molecule has 1 aliphatic carbocycles. The van der Waals surface area contributed by atoms with Gasteiger partial charge in [-0.1, -0.05) is 6.07 Å². The minimum atomic E-state index is 0.899. The second kappa shape index (κ2) is 4.04. The first-order valence-corrected chi connectivity index (χ1v) is 6.48. The van der Waals surface area contributed by atoms with Crippen LogP contribution in [0.2, 0.25) is 0 Å². The highest BCUT2D eigenvalue weighted by Gasteiger charge is 2.20. The van der Waals surface area contributed by atoms with E-state index in [-0.39, 0.29) is 0 Å². The monoisotopic (exact) mass is 246 g/mol. The van der Waals surface area contributed by atoms with E-state index >= 15 is 0 Å². The molecule has 1 aromatic carbocycles. The third kappa shape index (κ3) is 1.69. The molecule has 4 heteroatoms. The average Bonchev–Trinajstić information content (AvgIpc) is 2.81. The molecular formula is C13H14N2OS. The summed E-state index contributed by atoms with van der Waals surface area (Å²) in [5, 5.41) is 4.11. The number of aryl methyl sites for hydroxylation is 2. The molecule has 0 amide bonds. The van der Waals surface area contributed by atoms with Gasteiger partial charge in [0.15, 0.2) is 5.13 Å². The van der Waals surface area contributed by atoms with E-state index in [2.05, 4.69) is 22.4 Å². The van der Waals surface area contributed by atoms with Gasteiger partial charge in [-0.2, -0.15) is 0 Å². The number of fused-ring (bicyclic) bond motifs is 3. The maximum atomic E-state index is 5.29. The lowest BCUT2D eigenvalue weighted by Crippen LogP contribution is -2.02. The molecule has 0 fully saturated rings. The summed E-state index contributed by atoms with van der Waals surface area (Å²) in [6.07, 6.45) is 2.19. The van der Waals surface area contributed by atoms with Gasteiger partial charge in [0.05, 0.1) is 12.8 Å². The van der Waals surface area contributed by atoms with Gasteiger partial charge < -0.3 is 10.1 Å². The van der Waals surface area contributed by atoms with Gasteiger partial charge in [0.1, 0.15) is 5.75 Å². The molecule has 17 heavy (non-hydrogen) atoms. The number of hydrogen-bond donors (Lipinski definition) is 1. The van der Waals surface area contributed by atoms with E-state index in [1.165, 1.54) is 16.0 Å². The van der Waals surface area contributed by atoms with Gasteiger partial charge in [0, 0.05) is 17.5 Å². The third-order valence-corrected chi connectivity index (χ3v) is 4.24. The molecule has 3 rings (SSSR count). The van der Waals surface area contributed by atoms with Gasteiger partial charge in [-0.05, 0) is 30.5 Å². The molecule has 0 atom stereocenters. The Balaban J connectivity index is 2.16. The molecule has 0 aliphatic heterocycles. The largest absolute Gasteiger partial charge is 0.497 e. The van der Waals surface area contributed by atoms with Crippen molar-refractivity contribution in [3.63, 3.8) is 0 Å². The van der Waals surface area contributed by atoms with E-state index in [0.29, 0.717) is 0 Å². The first-order chi connectivity index (χ1) is 8.31. The van der Waals surface area contributed by atoms with Crippen LogP contribution in [0.25, 0.3) is 11.3 Å². The van der Waals surface area contributed by atoms with Gasteiger partial charge in [0.2, 0.25) is 0 Å². The number of thiazole rings is 1. The number of nitrogens with one attached hydrogen (secondary N) is 1. The number of hydrogen-bond acceptors (Lipinski definition) is 4. The Labute approximate surface area is 104 Å². The highest BCUT2D eigenvalue weighted by atomic mass is 32.1. The maximum Gasteiger partial charge on any atom is 0.183 e. The van der Waals surface area contributed by atoms with Crippen molar-refractivity contribution in [3.05, 3.63) is 28.6 Å². The van der Waals surface area contributed by atoms with Gasteiger partial charge >= 0.3 is 0 Å². The van der Waals surface area contributed by atoms with Crippen LogP contribution in [0.4, 0.5) is 5.13 Å². The van der Waals surface area contributed by atoms with Crippen LogP contribution >= 0.6 is 11.3 Å². The molecule has 1 aromatic heterocycles. The van der Waals surface area contributed by atoms with Gasteiger partial charge in [-0.25, -0.2) is 4.98 Å². The van der Waals surface area contributed by atoms with E-state index in [0.717, 1.165) is 29.4 Å². The van der Waals surface area contributed by atoms with Crippen molar-refractivity contribution in [3.8, 4) is 17.0 Å². The molecule has 88 valence electrons. The number of methoxy groups -OCH3 is 1. The summed E-state index contributed by atoms with van der Waals surface area (Å²) >= 11 is 1.75. The highest BCUT2D eigenvalue weighted by molar-refractivity contribution is 7.16. The number of nitrogens with zero attached hydrogens (tertiary/aromatic N) is 1. The zero-order valence-corrected chi connectivity index (χ0v) is 10.7. The van der Waals surface area contributed by atoms with Gasteiger partial charge in [-0.15, -0.1) is 11.3 Å². The fraction of sp³-hybridized carbons (Fsp3) is 0.308. The molecule has 1 aliphatic rings. The Hall–Kier alpha value is -1.55. The molecule has 0 unspecified atom stereocenters.